The standard InChI is InChI=1S/C22H18N2O5/c1-28-16-6-3-2-5-15(16)20(25)18-19(17-7-4-12-29-17)24(22(27)21(18)26)13-14-8-10-23-11-9-14/h2-12,19,25H,13H2,1H3/b20-18-. The summed E-state index contributed by atoms with van der Waals surface area (Å²) in [5.41, 5.74) is 1.09. The van der Waals surface area contributed by atoms with E-state index in [2.05, 4.69) is 4.98 Å². The number of para-hydroxylation sites is 1. The third-order valence-electron chi connectivity index (χ3n) is 4.82. The number of carbonyl (C=O) groups is 2. The molecule has 7 nitrogen and oxygen atoms in total. The quantitative estimate of drug-likeness (QED) is 0.408. The molecule has 0 bridgehead atoms. The van der Waals surface area contributed by atoms with Crippen molar-refractivity contribution in [3.05, 3.63) is 89.6 Å². The van der Waals surface area contributed by atoms with Gasteiger partial charge in [0.25, 0.3) is 11.7 Å². The number of aromatic nitrogens is 1. The van der Waals surface area contributed by atoms with Gasteiger partial charge in [0.2, 0.25) is 0 Å². The first-order valence-electron chi connectivity index (χ1n) is 8.96. The van der Waals surface area contributed by atoms with Crippen molar-refractivity contribution in [3.63, 3.8) is 0 Å². The van der Waals surface area contributed by atoms with Crippen LogP contribution in [0.4, 0.5) is 0 Å². The molecule has 2 aromatic heterocycles. The van der Waals surface area contributed by atoms with Crippen LogP contribution in [0.1, 0.15) is 22.9 Å². The van der Waals surface area contributed by atoms with E-state index in [-0.39, 0.29) is 17.9 Å². The Morgan fingerprint density at radius 3 is 2.59 bits per heavy atom. The maximum atomic E-state index is 12.9. The SMILES string of the molecule is COc1ccccc1/C(O)=C1/C(=O)C(=O)N(Cc2ccncc2)C1c1ccco1. The molecule has 1 N–H and O–H groups in total. The summed E-state index contributed by atoms with van der Waals surface area (Å²) in [5, 5.41) is 11.0. The molecule has 0 radical (unpaired) electrons. The van der Waals surface area contributed by atoms with Crippen molar-refractivity contribution in [1.29, 1.82) is 0 Å². The maximum Gasteiger partial charge on any atom is 0.296 e. The van der Waals surface area contributed by atoms with Gasteiger partial charge < -0.3 is 19.2 Å². The van der Waals surface area contributed by atoms with Crippen molar-refractivity contribution in [2.24, 2.45) is 0 Å². The van der Waals surface area contributed by atoms with Gasteiger partial charge in [0, 0.05) is 18.9 Å². The Bertz CT molecular complexity index is 1070. The lowest BCUT2D eigenvalue weighted by atomic mass is 9.98. The third kappa shape index (κ3) is 3.27. The van der Waals surface area contributed by atoms with Gasteiger partial charge in [-0.15, -0.1) is 0 Å². The number of aliphatic hydroxyl groups excluding tert-OH is 1. The fourth-order valence-electron chi connectivity index (χ4n) is 3.46. The Balaban J connectivity index is 1.86. The Hall–Kier alpha value is -3.87. The average molecular weight is 390 g/mol. The predicted molar refractivity (Wildman–Crippen MR) is 104 cm³/mol. The smallest absolute Gasteiger partial charge is 0.296 e. The fraction of sp³-hybridized carbons (Fsp3) is 0.136. The molecule has 1 unspecified atom stereocenters. The lowest BCUT2D eigenvalue weighted by Gasteiger charge is -2.23. The van der Waals surface area contributed by atoms with Gasteiger partial charge in [0.05, 0.1) is 24.5 Å². The number of carbonyl (C=O) groups excluding carboxylic acids is 2. The number of Topliss-reactive ketones (excluding diaryl/α,β-unsaturated/α-hetero) is 1. The summed E-state index contributed by atoms with van der Waals surface area (Å²) in [6.07, 6.45) is 4.69. The van der Waals surface area contributed by atoms with Crippen LogP contribution >= 0.6 is 0 Å². The minimum Gasteiger partial charge on any atom is -0.507 e. The highest BCUT2D eigenvalue weighted by atomic mass is 16.5. The summed E-state index contributed by atoms with van der Waals surface area (Å²) in [7, 11) is 1.47. The fourth-order valence-corrected chi connectivity index (χ4v) is 3.46. The van der Waals surface area contributed by atoms with Crippen LogP contribution in [0.3, 0.4) is 0 Å². The molecule has 7 heteroatoms. The summed E-state index contributed by atoms with van der Waals surface area (Å²) in [5.74, 6) is -1.01. The van der Waals surface area contributed by atoms with Crippen LogP contribution < -0.4 is 4.74 Å². The van der Waals surface area contributed by atoms with Gasteiger partial charge in [-0.2, -0.15) is 0 Å². The van der Waals surface area contributed by atoms with Gasteiger partial charge in [-0.1, -0.05) is 12.1 Å². The summed E-state index contributed by atoms with van der Waals surface area (Å²) < 4.78 is 10.8. The zero-order chi connectivity index (χ0) is 20.4. The Labute approximate surface area is 166 Å². The molecule has 0 spiro atoms. The summed E-state index contributed by atoms with van der Waals surface area (Å²) >= 11 is 0. The first kappa shape index (κ1) is 18.5. The molecule has 1 aliphatic rings. The maximum absolute atomic E-state index is 12.9. The zero-order valence-electron chi connectivity index (χ0n) is 15.6. The molecule has 1 fully saturated rings. The van der Waals surface area contributed by atoms with Crippen molar-refractivity contribution in [2.45, 2.75) is 12.6 Å². The molecule has 0 saturated carbocycles. The molecule has 1 aliphatic heterocycles. The molecule has 1 amide bonds. The number of amides is 1. The second kappa shape index (κ2) is 7.63. The second-order valence-electron chi connectivity index (χ2n) is 6.50. The summed E-state index contributed by atoms with van der Waals surface area (Å²) in [4.78, 5) is 31.1. The number of aliphatic hydroxyl groups is 1. The minimum absolute atomic E-state index is 0.0384. The van der Waals surface area contributed by atoms with E-state index in [1.54, 1.807) is 60.9 Å². The van der Waals surface area contributed by atoms with E-state index < -0.39 is 17.7 Å². The van der Waals surface area contributed by atoms with Gasteiger partial charge in [-0.05, 0) is 42.0 Å². The molecule has 1 saturated heterocycles. The van der Waals surface area contributed by atoms with Crippen LogP contribution in [0.25, 0.3) is 5.76 Å². The van der Waals surface area contributed by atoms with Crippen molar-refractivity contribution in [1.82, 2.24) is 9.88 Å². The van der Waals surface area contributed by atoms with Crippen LogP contribution in [-0.4, -0.2) is 33.8 Å². The van der Waals surface area contributed by atoms with Gasteiger partial charge >= 0.3 is 0 Å². The number of ketones is 1. The normalized spacial score (nSPS) is 18.2. The first-order chi connectivity index (χ1) is 14.1. The van der Waals surface area contributed by atoms with Crippen molar-refractivity contribution >= 4 is 17.4 Å². The highest BCUT2D eigenvalue weighted by Gasteiger charge is 2.47. The second-order valence-corrected chi connectivity index (χ2v) is 6.50. The Morgan fingerprint density at radius 2 is 1.90 bits per heavy atom. The van der Waals surface area contributed by atoms with E-state index in [1.165, 1.54) is 18.3 Å². The number of rotatable bonds is 5. The number of ether oxygens (including phenoxy) is 1. The molecular formula is C22H18N2O5. The Kier molecular flexibility index (Phi) is 4.87. The predicted octanol–water partition coefficient (Wildman–Crippen LogP) is 3.31. The summed E-state index contributed by atoms with van der Waals surface area (Å²) in [6, 6.07) is 12.8. The van der Waals surface area contributed by atoms with Crippen molar-refractivity contribution in [3.8, 4) is 5.75 Å². The van der Waals surface area contributed by atoms with Crippen molar-refractivity contribution in [2.75, 3.05) is 7.11 Å². The first-order valence-corrected chi connectivity index (χ1v) is 8.96. The lowest BCUT2D eigenvalue weighted by Crippen LogP contribution is -2.29. The van der Waals surface area contributed by atoms with Crippen LogP contribution in [0.15, 0.2) is 77.2 Å². The van der Waals surface area contributed by atoms with E-state index in [0.717, 1.165) is 5.56 Å². The van der Waals surface area contributed by atoms with Crippen LogP contribution in [0.5, 0.6) is 5.75 Å². The number of pyridine rings is 1. The van der Waals surface area contributed by atoms with Gasteiger partial charge in [0.1, 0.15) is 23.3 Å². The van der Waals surface area contributed by atoms with E-state index in [1.807, 2.05) is 0 Å². The van der Waals surface area contributed by atoms with E-state index in [9.17, 15) is 14.7 Å². The molecule has 0 aliphatic carbocycles. The molecule has 1 atom stereocenters. The summed E-state index contributed by atoms with van der Waals surface area (Å²) in [6.45, 7) is 0.168. The van der Waals surface area contributed by atoms with Gasteiger partial charge in [0.15, 0.2) is 0 Å². The van der Waals surface area contributed by atoms with Gasteiger partial charge in [-0.3, -0.25) is 14.6 Å². The molecule has 29 heavy (non-hydrogen) atoms. The zero-order valence-corrected chi connectivity index (χ0v) is 15.6. The van der Waals surface area contributed by atoms with Crippen LogP contribution in [-0.2, 0) is 16.1 Å². The monoisotopic (exact) mass is 390 g/mol. The molecule has 146 valence electrons. The topological polar surface area (TPSA) is 92.9 Å². The number of likely N-dealkylation sites (tertiary alicyclic amines) is 1. The molecule has 3 aromatic rings. The number of hydrogen-bond donors (Lipinski definition) is 1. The van der Waals surface area contributed by atoms with Crippen LogP contribution in [0.2, 0.25) is 0 Å². The largest absolute Gasteiger partial charge is 0.507 e. The van der Waals surface area contributed by atoms with E-state index in [0.29, 0.717) is 17.1 Å². The number of furan rings is 1. The average Bonchev–Trinajstić information content (AvgIpc) is 3.37. The highest BCUT2D eigenvalue weighted by Crippen LogP contribution is 2.41. The number of methoxy groups -OCH3 is 1. The number of benzene rings is 1. The highest BCUT2D eigenvalue weighted by molar-refractivity contribution is 6.46. The Morgan fingerprint density at radius 1 is 1.14 bits per heavy atom. The van der Waals surface area contributed by atoms with Gasteiger partial charge in [-0.25, -0.2) is 0 Å². The number of nitrogens with zero attached hydrogens (tertiary/aromatic N) is 2. The number of hydrogen-bond acceptors (Lipinski definition) is 6. The molecule has 4 rings (SSSR count). The molecule has 1 aromatic carbocycles. The van der Waals surface area contributed by atoms with E-state index >= 15 is 0 Å². The molecular weight excluding hydrogens is 372 g/mol. The van der Waals surface area contributed by atoms with E-state index in [4.69, 9.17) is 9.15 Å². The van der Waals surface area contributed by atoms with Crippen LogP contribution in [0, 0.1) is 0 Å². The third-order valence-corrected chi connectivity index (χ3v) is 4.82. The lowest BCUT2D eigenvalue weighted by molar-refractivity contribution is -0.140. The van der Waals surface area contributed by atoms with Crippen molar-refractivity contribution < 1.29 is 23.8 Å². The minimum atomic E-state index is -0.858. The molecule has 3 heterocycles.